The minimum atomic E-state index is 0.163. The van der Waals surface area contributed by atoms with Crippen molar-refractivity contribution in [2.75, 3.05) is 20.7 Å². The van der Waals surface area contributed by atoms with Crippen molar-refractivity contribution in [2.24, 2.45) is 5.73 Å². The number of aryl methyl sites for hydroxylation is 1. The lowest BCUT2D eigenvalue weighted by atomic mass is 10.1. The summed E-state index contributed by atoms with van der Waals surface area (Å²) in [5.74, 6) is 0.879. The van der Waals surface area contributed by atoms with Gasteiger partial charge in [-0.2, -0.15) is 5.10 Å². The number of likely N-dealkylation sites (N-methyl/N-ethyl adjacent to an activating group) is 1. The van der Waals surface area contributed by atoms with Crippen molar-refractivity contribution in [3.8, 4) is 5.75 Å². The molecule has 5 nitrogen and oxygen atoms in total. The van der Waals surface area contributed by atoms with Crippen molar-refractivity contribution < 1.29 is 4.74 Å². The first-order valence-electron chi connectivity index (χ1n) is 7.23. The van der Waals surface area contributed by atoms with Gasteiger partial charge in [-0.15, -0.1) is 0 Å². The first kappa shape index (κ1) is 15.5. The Morgan fingerprint density at radius 1 is 1.43 bits per heavy atom. The number of benzene rings is 1. The zero-order chi connectivity index (χ0) is 15.2. The highest BCUT2D eigenvalue weighted by molar-refractivity contribution is 5.28. The van der Waals surface area contributed by atoms with Crippen molar-refractivity contribution in [2.45, 2.75) is 26.1 Å². The van der Waals surface area contributed by atoms with Crippen molar-refractivity contribution in [3.63, 3.8) is 0 Å². The second-order valence-electron chi connectivity index (χ2n) is 5.15. The van der Waals surface area contributed by atoms with Gasteiger partial charge < -0.3 is 10.5 Å². The number of rotatable bonds is 7. The Morgan fingerprint density at radius 3 is 2.86 bits per heavy atom. The summed E-state index contributed by atoms with van der Waals surface area (Å²) >= 11 is 0. The predicted molar refractivity (Wildman–Crippen MR) is 84.2 cm³/mol. The smallest absolute Gasteiger partial charge is 0.119 e. The lowest BCUT2D eigenvalue weighted by Crippen LogP contribution is -2.30. The van der Waals surface area contributed by atoms with Crippen molar-refractivity contribution in [3.05, 3.63) is 47.8 Å². The molecular weight excluding hydrogens is 264 g/mol. The predicted octanol–water partition coefficient (Wildman–Crippen LogP) is 2.04. The van der Waals surface area contributed by atoms with E-state index in [4.69, 9.17) is 10.5 Å². The molecule has 5 heteroatoms. The van der Waals surface area contributed by atoms with Crippen LogP contribution in [0.15, 0.2) is 36.7 Å². The van der Waals surface area contributed by atoms with Crippen LogP contribution in [0.2, 0.25) is 0 Å². The van der Waals surface area contributed by atoms with Gasteiger partial charge in [-0.1, -0.05) is 12.1 Å². The Bertz CT molecular complexity index is 567. The number of hydrogen-bond acceptors (Lipinski definition) is 4. The van der Waals surface area contributed by atoms with Gasteiger partial charge in [-0.25, -0.2) is 0 Å². The van der Waals surface area contributed by atoms with Gasteiger partial charge in [0.05, 0.1) is 19.3 Å². The van der Waals surface area contributed by atoms with Gasteiger partial charge >= 0.3 is 0 Å². The summed E-state index contributed by atoms with van der Waals surface area (Å²) in [7, 11) is 3.77. The summed E-state index contributed by atoms with van der Waals surface area (Å²) in [4.78, 5) is 2.24. The van der Waals surface area contributed by atoms with Crippen LogP contribution in [0.3, 0.4) is 0 Å². The summed E-state index contributed by atoms with van der Waals surface area (Å²) in [6, 6.07) is 8.28. The fraction of sp³-hybridized carbons (Fsp3) is 0.438. The molecule has 0 radical (unpaired) electrons. The van der Waals surface area contributed by atoms with Crippen molar-refractivity contribution >= 4 is 0 Å². The molecule has 0 spiro atoms. The van der Waals surface area contributed by atoms with E-state index >= 15 is 0 Å². The van der Waals surface area contributed by atoms with E-state index in [0.717, 1.165) is 24.4 Å². The van der Waals surface area contributed by atoms with Gasteiger partial charge in [0.15, 0.2) is 0 Å². The maximum absolute atomic E-state index is 5.96. The molecule has 21 heavy (non-hydrogen) atoms. The highest BCUT2D eigenvalue weighted by Gasteiger charge is 2.17. The van der Waals surface area contributed by atoms with Crippen LogP contribution in [0.25, 0.3) is 0 Å². The van der Waals surface area contributed by atoms with Gasteiger partial charge in [-0.3, -0.25) is 9.58 Å². The molecule has 114 valence electrons. The van der Waals surface area contributed by atoms with Gasteiger partial charge in [0.25, 0.3) is 0 Å². The molecule has 0 amide bonds. The maximum atomic E-state index is 5.96. The minimum absolute atomic E-state index is 0.163. The Kier molecular flexibility index (Phi) is 5.36. The quantitative estimate of drug-likeness (QED) is 0.847. The monoisotopic (exact) mass is 288 g/mol. The van der Waals surface area contributed by atoms with Crippen LogP contribution in [-0.4, -0.2) is 35.4 Å². The lowest BCUT2D eigenvalue weighted by molar-refractivity contribution is 0.241. The molecular formula is C16H24N4O. The molecule has 0 aliphatic carbocycles. The van der Waals surface area contributed by atoms with Crippen LogP contribution in [0, 0.1) is 0 Å². The normalized spacial score (nSPS) is 12.6. The average Bonchev–Trinajstić information content (AvgIpc) is 2.97. The average molecular weight is 288 g/mol. The fourth-order valence-electron chi connectivity index (χ4n) is 2.46. The Labute approximate surface area is 126 Å². The molecule has 0 aliphatic heterocycles. The number of nitrogens with two attached hydrogens (primary N) is 1. The molecule has 0 saturated carbocycles. The van der Waals surface area contributed by atoms with Crippen LogP contribution in [0.4, 0.5) is 0 Å². The summed E-state index contributed by atoms with van der Waals surface area (Å²) in [5.41, 5.74) is 8.33. The van der Waals surface area contributed by atoms with Gasteiger partial charge in [-0.05, 0) is 31.7 Å². The summed E-state index contributed by atoms with van der Waals surface area (Å²) in [6.07, 6.45) is 3.97. The number of ether oxygens (including phenoxy) is 1. The van der Waals surface area contributed by atoms with E-state index in [0.29, 0.717) is 6.54 Å². The molecule has 1 unspecified atom stereocenters. The van der Waals surface area contributed by atoms with Crippen molar-refractivity contribution in [1.82, 2.24) is 14.7 Å². The van der Waals surface area contributed by atoms with Crippen LogP contribution in [0.5, 0.6) is 5.75 Å². The van der Waals surface area contributed by atoms with E-state index in [9.17, 15) is 0 Å². The molecule has 0 saturated heterocycles. The molecule has 1 atom stereocenters. The SMILES string of the molecule is CCn1cc(C(CN)N(C)Cc2cccc(OC)c2)cn1. The maximum Gasteiger partial charge on any atom is 0.119 e. The second-order valence-corrected chi connectivity index (χ2v) is 5.15. The van der Waals surface area contributed by atoms with E-state index in [1.54, 1.807) is 7.11 Å². The molecule has 0 aliphatic rings. The summed E-state index contributed by atoms with van der Waals surface area (Å²) < 4.78 is 7.20. The molecule has 2 N–H and O–H groups in total. The van der Waals surface area contributed by atoms with Gasteiger partial charge in [0.1, 0.15) is 5.75 Å². The van der Waals surface area contributed by atoms with Crippen LogP contribution >= 0.6 is 0 Å². The number of hydrogen-bond donors (Lipinski definition) is 1. The fourth-order valence-corrected chi connectivity index (χ4v) is 2.46. The molecule has 1 heterocycles. The zero-order valence-corrected chi connectivity index (χ0v) is 13.0. The molecule has 1 aromatic carbocycles. The summed E-state index contributed by atoms with van der Waals surface area (Å²) in [5, 5.41) is 4.33. The lowest BCUT2D eigenvalue weighted by Gasteiger charge is -2.26. The third-order valence-corrected chi connectivity index (χ3v) is 3.68. The van der Waals surface area contributed by atoms with E-state index in [2.05, 4.69) is 42.3 Å². The van der Waals surface area contributed by atoms with Gasteiger partial charge in [0, 0.05) is 31.4 Å². The van der Waals surface area contributed by atoms with Crippen LogP contribution in [0.1, 0.15) is 24.1 Å². The second kappa shape index (κ2) is 7.24. The van der Waals surface area contributed by atoms with E-state index in [1.807, 2.05) is 23.0 Å². The first-order chi connectivity index (χ1) is 10.2. The Balaban J connectivity index is 2.10. The topological polar surface area (TPSA) is 56.3 Å². The van der Waals surface area contributed by atoms with Crippen LogP contribution in [-0.2, 0) is 13.1 Å². The van der Waals surface area contributed by atoms with Crippen LogP contribution < -0.4 is 10.5 Å². The highest BCUT2D eigenvalue weighted by Crippen LogP contribution is 2.21. The number of nitrogens with zero attached hydrogens (tertiary/aromatic N) is 3. The molecule has 0 fully saturated rings. The largest absolute Gasteiger partial charge is 0.497 e. The van der Waals surface area contributed by atoms with E-state index in [-0.39, 0.29) is 6.04 Å². The standard InChI is InChI=1S/C16H24N4O/c1-4-20-12-14(10-18-20)16(9-17)19(2)11-13-6-5-7-15(8-13)21-3/h5-8,10,12,16H,4,9,11,17H2,1-3H3. The third-order valence-electron chi connectivity index (χ3n) is 3.68. The Hall–Kier alpha value is -1.85. The Morgan fingerprint density at radius 2 is 2.24 bits per heavy atom. The van der Waals surface area contributed by atoms with E-state index < -0.39 is 0 Å². The highest BCUT2D eigenvalue weighted by atomic mass is 16.5. The zero-order valence-electron chi connectivity index (χ0n) is 13.0. The van der Waals surface area contributed by atoms with Gasteiger partial charge in [0.2, 0.25) is 0 Å². The minimum Gasteiger partial charge on any atom is -0.497 e. The molecule has 0 bridgehead atoms. The number of aromatic nitrogens is 2. The molecule has 2 aromatic rings. The third kappa shape index (κ3) is 3.83. The first-order valence-corrected chi connectivity index (χ1v) is 7.23. The molecule has 2 rings (SSSR count). The van der Waals surface area contributed by atoms with E-state index in [1.165, 1.54) is 5.56 Å². The van der Waals surface area contributed by atoms with Crippen molar-refractivity contribution in [1.29, 1.82) is 0 Å². The molecule has 1 aromatic heterocycles. The number of methoxy groups -OCH3 is 1. The summed E-state index contributed by atoms with van der Waals surface area (Å²) in [6.45, 7) is 4.33.